The molecule has 7 heteroatoms. The van der Waals surface area contributed by atoms with E-state index in [9.17, 15) is 9.59 Å². The number of para-hydroxylation sites is 1. The summed E-state index contributed by atoms with van der Waals surface area (Å²) in [6.45, 7) is 3.12. The summed E-state index contributed by atoms with van der Waals surface area (Å²) in [7, 11) is 1.57. The maximum absolute atomic E-state index is 13.5. The van der Waals surface area contributed by atoms with Crippen LogP contribution in [-0.4, -0.2) is 61.5 Å². The molecule has 0 aliphatic carbocycles. The van der Waals surface area contributed by atoms with E-state index in [-0.39, 0.29) is 11.8 Å². The molecule has 0 radical (unpaired) electrons. The van der Waals surface area contributed by atoms with Crippen molar-refractivity contribution >= 4 is 23.4 Å². The summed E-state index contributed by atoms with van der Waals surface area (Å²) in [5, 5.41) is 0.647. The van der Waals surface area contributed by atoms with Crippen molar-refractivity contribution in [3.8, 4) is 11.5 Å². The first-order valence-electron chi connectivity index (χ1n) is 12.1. The molecule has 2 aromatic carbocycles. The minimum atomic E-state index is -0.454. The van der Waals surface area contributed by atoms with Gasteiger partial charge in [0.1, 0.15) is 11.5 Å². The molecule has 1 atom stereocenters. The molecular weight excluding hydrogens is 452 g/mol. The fourth-order valence-electron chi connectivity index (χ4n) is 5.03. The number of rotatable bonds is 7. The molecule has 2 saturated heterocycles. The molecule has 2 heterocycles. The first-order chi connectivity index (χ1) is 16.5. The number of piperidine rings is 2. The maximum Gasteiger partial charge on any atom is 0.257 e. The highest BCUT2D eigenvalue weighted by Crippen LogP contribution is 2.37. The van der Waals surface area contributed by atoms with E-state index in [1.807, 2.05) is 34.1 Å². The van der Waals surface area contributed by atoms with Crippen LogP contribution in [0.1, 0.15) is 48.9 Å². The first kappa shape index (κ1) is 24.4. The fraction of sp³-hybridized carbons (Fsp3) is 0.481. The SMILES string of the molecule is COc1ccccc1C(=O)N1CCCC(COc2ccc(Cl)cc2)(CC(=O)N2CCCCC2)C1. The first-order valence-corrected chi connectivity index (χ1v) is 12.5. The van der Waals surface area contributed by atoms with Crippen LogP contribution in [0.3, 0.4) is 0 Å². The van der Waals surface area contributed by atoms with E-state index in [1.54, 1.807) is 31.4 Å². The van der Waals surface area contributed by atoms with Crippen molar-refractivity contribution in [2.75, 3.05) is 39.9 Å². The van der Waals surface area contributed by atoms with Crippen LogP contribution in [0.25, 0.3) is 0 Å². The average Bonchev–Trinajstić information content (AvgIpc) is 2.88. The second-order valence-corrected chi connectivity index (χ2v) is 9.83. The van der Waals surface area contributed by atoms with E-state index in [0.717, 1.165) is 38.8 Å². The Morgan fingerprint density at radius 3 is 2.38 bits per heavy atom. The number of amides is 2. The zero-order valence-corrected chi connectivity index (χ0v) is 20.6. The molecule has 0 spiro atoms. The normalized spacial score (nSPS) is 20.6. The minimum Gasteiger partial charge on any atom is -0.496 e. The number of carbonyl (C=O) groups excluding carboxylic acids is 2. The van der Waals surface area contributed by atoms with Gasteiger partial charge in [-0.05, 0) is 68.5 Å². The lowest BCUT2D eigenvalue weighted by atomic mass is 9.77. The molecule has 2 fully saturated rings. The topological polar surface area (TPSA) is 59.1 Å². The lowest BCUT2D eigenvalue weighted by Crippen LogP contribution is -2.51. The summed E-state index contributed by atoms with van der Waals surface area (Å²) in [5.74, 6) is 1.36. The van der Waals surface area contributed by atoms with Gasteiger partial charge in [0.05, 0.1) is 19.3 Å². The molecule has 0 bridgehead atoms. The molecule has 4 rings (SSSR count). The van der Waals surface area contributed by atoms with Crippen molar-refractivity contribution < 1.29 is 19.1 Å². The molecule has 0 aromatic heterocycles. The standard InChI is InChI=1S/C27H33ClN2O4/c1-33-24-9-4-3-8-23(24)26(32)30-17-7-14-27(19-30,18-25(31)29-15-5-2-6-16-29)20-34-22-12-10-21(28)11-13-22/h3-4,8-13H,2,5-7,14-20H2,1H3. The van der Waals surface area contributed by atoms with Gasteiger partial charge in [-0.2, -0.15) is 0 Å². The van der Waals surface area contributed by atoms with Crippen LogP contribution in [-0.2, 0) is 4.79 Å². The van der Waals surface area contributed by atoms with Crippen molar-refractivity contribution in [1.82, 2.24) is 9.80 Å². The Morgan fingerprint density at radius 1 is 0.941 bits per heavy atom. The van der Waals surface area contributed by atoms with Crippen LogP contribution >= 0.6 is 11.6 Å². The second-order valence-electron chi connectivity index (χ2n) is 9.39. The summed E-state index contributed by atoms with van der Waals surface area (Å²) in [6.07, 6.45) is 5.30. The number of hydrogen-bond donors (Lipinski definition) is 0. The molecule has 2 aromatic rings. The number of hydrogen-bond acceptors (Lipinski definition) is 4. The van der Waals surface area contributed by atoms with Crippen LogP contribution < -0.4 is 9.47 Å². The lowest BCUT2D eigenvalue weighted by molar-refractivity contribution is -0.136. The zero-order valence-electron chi connectivity index (χ0n) is 19.8. The summed E-state index contributed by atoms with van der Waals surface area (Å²) >= 11 is 6.02. The van der Waals surface area contributed by atoms with Crippen molar-refractivity contribution in [2.24, 2.45) is 5.41 Å². The average molecular weight is 485 g/mol. The highest BCUT2D eigenvalue weighted by Gasteiger charge is 2.41. The number of nitrogens with zero attached hydrogens (tertiary/aromatic N) is 2. The molecule has 0 saturated carbocycles. The summed E-state index contributed by atoms with van der Waals surface area (Å²) in [4.78, 5) is 30.6. The lowest BCUT2D eigenvalue weighted by Gasteiger charge is -2.43. The van der Waals surface area contributed by atoms with Crippen LogP contribution in [0, 0.1) is 5.41 Å². The van der Waals surface area contributed by atoms with Crippen molar-refractivity contribution in [2.45, 2.75) is 38.5 Å². The van der Waals surface area contributed by atoms with E-state index < -0.39 is 5.41 Å². The molecule has 2 amide bonds. The number of halogens is 1. The van der Waals surface area contributed by atoms with Gasteiger partial charge >= 0.3 is 0 Å². The van der Waals surface area contributed by atoms with Crippen molar-refractivity contribution in [3.05, 3.63) is 59.1 Å². The van der Waals surface area contributed by atoms with Crippen LogP contribution in [0.4, 0.5) is 0 Å². The van der Waals surface area contributed by atoms with Gasteiger partial charge in [-0.25, -0.2) is 0 Å². The van der Waals surface area contributed by atoms with Gasteiger partial charge in [0, 0.05) is 43.0 Å². The molecule has 0 N–H and O–H groups in total. The number of likely N-dealkylation sites (tertiary alicyclic amines) is 2. The number of methoxy groups -OCH3 is 1. The molecule has 1 unspecified atom stereocenters. The molecule has 2 aliphatic heterocycles. The molecule has 34 heavy (non-hydrogen) atoms. The summed E-state index contributed by atoms with van der Waals surface area (Å²) < 4.78 is 11.6. The monoisotopic (exact) mass is 484 g/mol. The summed E-state index contributed by atoms with van der Waals surface area (Å²) in [5.41, 5.74) is 0.0890. The van der Waals surface area contributed by atoms with Gasteiger partial charge in [0.25, 0.3) is 5.91 Å². The Hall–Kier alpha value is -2.73. The Morgan fingerprint density at radius 2 is 1.65 bits per heavy atom. The Labute approximate surface area is 206 Å². The third kappa shape index (κ3) is 5.84. The Kier molecular flexibility index (Phi) is 7.99. The van der Waals surface area contributed by atoms with Gasteiger partial charge in [-0.1, -0.05) is 23.7 Å². The number of carbonyl (C=O) groups is 2. The third-order valence-electron chi connectivity index (χ3n) is 6.88. The predicted octanol–water partition coefficient (Wildman–Crippen LogP) is 5.05. The van der Waals surface area contributed by atoms with E-state index in [2.05, 4.69) is 0 Å². The van der Waals surface area contributed by atoms with Gasteiger partial charge in [0.15, 0.2) is 0 Å². The highest BCUT2D eigenvalue weighted by molar-refractivity contribution is 6.30. The van der Waals surface area contributed by atoms with E-state index >= 15 is 0 Å². The van der Waals surface area contributed by atoms with Gasteiger partial charge in [-0.15, -0.1) is 0 Å². The quantitative estimate of drug-likeness (QED) is 0.551. The van der Waals surface area contributed by atoms with Crippen molar-refractivity contribution in [1.29, 1.82) is 0 Å². The van der Waals surface area contributed by atoms with Crippen LogP contribution in [0.5, 0.6) is 11.5 Å². The Balaban J connectivity index is 1.54. The largest absolute Gasteiger partial charge is 0.496 e. The second kappa shape index (κ2) is 11.1. The van der Waals surface area contributed by atoms with Crippen molar-refractivity contribution in [3.63, 3.8) is 0 Å². The molecule has 6 nitrogen and oxygen atoms in total. The fourth-order valence-corrected chi connectivity index (χ4v) is 5.16. The predicted molar refractivity (Wildman–Crippen MR) is 133 cm³/mol. The van der Waals surface area contributed by atoms with Crippen LogP contribution in [0.15, 0.2) is 48.5 Å². The third-order valence-corrected chi connectivity index (χ3v) is 7.13. The molecule has 182 valence electrons. The number of ether oxygens (including phenoxy) is 2. The van der Waals surface area contributed by atoms with E-state index in [1.165, 1.54) is 6.42 Å². The summed E-state index contributed by atoms with van der Waals surface area (Å²) in [6, 6.07) is 14.5. The highest BCUT2D eigenvalue weighted by atomic mass is 35.5. The Bertz CT molecular complexity index is 990. The van der Waals surface area contributed by atoms with E-state index in [0.29, 0.717) is 48.2 Å². The van der Waals surface area contributed by atoms with Gasteiger partial charge in [0.2, 0.25) is 5.91 Å². The van der Waals surface area contributed by atoms with Gasteiger partial charge < -0.3 is 19.3 Å². The van der Waals surface area contributed by atoms with Gasteiger partial charge in [-0.3, -0.25) is 9.59 Å². The zero-order chi connectivity index (χ0) is 24.0. The molecule has 2 aliphatic rings. The van der Waals surface area contributed by atoms with E-state index in [4.69, 9.17) is 21.1 Å². The minimum absolute atomic E-state index is 0.0709. The smallest absolute Gasteiger partial charge is 0.257 e. The number of benzene rings is 2. The van der Waals surface area contributed by atoms with Crippen LogP contribution in [0.2, 0.25) is 5.02 Å². The molecular formula is C27H33ClN2O4. The maximum atomic E-state index is 13.5.